The van der Waals surface area contributed by atoms with Crippen LogP contribution in [0, 0.1) is 0 Å². The molecule has 100 valence electrons. The van der Waals surface area contributed by atoms with E-state index in [1.165, 1.54) is 37.1 Å². The van der Waals surface area contributed by atoms with Crippen molar-refractivity contribution < 1.29 is 0 Å². The van der Waals surface area contributed by atoms with Crippen LogP contribution in [0.25, 0.3) is 0 Å². The van der Waals surface area contributed by atoms with E-state index in [2.05, 4.69) is 65.6 Å². The third kappa shape index (κ3) is 3.17. The fourth-order valence-electron chi connectivity index (χ4n) is 2.88. The Balaban J connectivity index is 0.00000133. The molecule has 1 nitrogen and oxygen atoms in total. The summed E-state index contributed by atoms with van der Waals surface area (Å²) in [6, 6.07) is 22.2. The van der Waals surface area contributed by atoms with Crippen LogP contribution in [0.15, 0.2) is 60.7 Å². The third-order valence-electron chi connectivity index (χ3n) is 3.74. The Kier molecular flexibility index (Phi) is 5.00. The zero-order valence-corrected chi connectivity index (χ0v) is 11.9. The standard InChI is InChI=1S/C17H19N.ClH/c1-3-9-15(10-4-1)17(18-13-7-8-14-18)16-11-5-2-6-12-16;/h1-6,9-12,17H,7-8,13-14H2;1H. The molecule has 0 bridgehead atoms. The van der Waals surface area contributed by atoms with E-state index >= 15 is 0 Å². The molecule has 3 rings (SSSR count). The Labute approximate surface area is 121 Å². The maximum Gasteiger partial charge on any atom is 0.0601 e. The topological polar surface area (TPSA) is 3.24 Å². The molecule has 1 aliphatic rings. The van der Waals surface area contributed by atoms with Crippen LogP contribution in [0.4, 0.5) is 0 Å². The zero-order valence-electron chi connectivity index (χ0n) is 11.0. The van der Waals surface area contributed by atoms with Crippen molar-refractivity contribution in [2.45, 2.75) is 18.9 Å². The largest absolute Gasteiger partial charge is 0.292 e. The Bertz CT molecular complexity index is 438. The Morgan fingerprint density at radius 2 is 1.11 bits per heavy atom. The first kappa shape index (κ1) is 14.1. The van der Waals surface area contributed by atoms with Gasteiger partial charge in [-0.25, -0.2) is 0 Å². The summed E-state index contributed by atoms with van der Waals surface area (Å²) in [4.78, 5) is 2.60. The fraction of sp³-hybridized carbons (Fsp3) is 0.294. The number of likely N-dealkylation sites (tertiary alicyclic amines) is 1. The van der Waals surface area contributed by atoms with Crippen molar-refractivity contribution in [3.05, 3.63) is 71.8 Å². The van der Waals surface area contributed by atoms with Crippen LogP contribution in [0.2, 0.25) is 0 Å². The van der Waals surface area contributed by atoms with Crippen LogP contribution in [0.3, 0.4) is 0 Å². The van der Waals surface area contributed by atoms with Gasteiger partial charge in [0.05, 0.1) is 6.04 Å². The van der Waals surface area contributed by atoms with Crippen LogP contribution in [0.1, 0.15) is 30.0 Å². The van der Waals surface area contributed by atoms with Gasteiger partial charge < -0.3 is 0 Å². The minimum atomic E-state index is 0. The molecule has 0 aromatic heterocycles. The molecule has 2 aromatic carbocycles. The van der Waals surface area contributed by atoms with Crippen molar-refractivity contribution in [2.24, 2.45) is 0 Å². The predicted molar refractivity (Wildman–Crippen MR) is 82.8 cm³/mol. The van der Waals surface area contributed by atoms with Crippen molar-refractivity contribution in [2.75, 3.05) is 13.1 Å². The highest BCUT2D eigenvalue weighted by Crippen LogP contribution is 2.31. The van der Waals surface area contributed by atoms with Gasteiger partial charge in [0.2, 0.25) is 0 Å². The molecule has 1 fully saturated rings. The van der Waals surface area contributed by atoms with Crippen LogP contribution >= 0.6 is 12.4 Å². The van der Waals surface area contributed by atoms with Crippen LogP contribution < -0.4 is 0 Å². The van der Waals surface area contributed by atoms with Crippen molar-refractivity contribution in [3.8, 4) is 0 Å². The Hall–Kier alpha value is -1.31. The lowest BCUT2D eigenvalue weighted by Crippen LogP contribution is -2.26. The van der Waals surface area contributed by atoms with Crippen molar-refractivity contribution >= 4 is 12.4 Å². The van der Waals surface area contributed by atoms with E-state index in [1.807, 2.05) is 0 Å². The smallest absolute Gasteiger partial charge is 0.0601 e. The summed E-state index contributed by atoms with van der Waals surface area (Å²) in [5, 5.41) is 0. The second kappa shape index (κ2) is 6.74. The van der Waals surface area contributed by atoms with E-state index in [0.29, 0.717) is 6.04 Å². The molecule has 1 saturated heterocycles. The summed E-state index contributed by atoms with van der Waals surface area (Å²) in [5.74, 6) is 0. The van der Waals surface area contributed by atoms with Gasteiger partial charge in [0, 0.05) is 0 Å². The van der Waals surface area contributed by atoms with Crippen LogP contribution in [-0.2, 0) is 0 Å². The Morgan fingerprint density at radius 1 is 0.684 bits per heavy atom. The quantitative estimate of drug-likeness (QED) is 0.806. The number of hydrogen-bond donors (Lipinski definition) is 0. The molecule has 0 spiro atoms. The van der Waals surface area contributed by atoms with Gasteiger partial charge in [0.1, 0.15) is 0 Å². The lowest BCUT2D eigenvalue weighted by atomic mass is 9.97. The van der Waals surface area contributed by atoms with Crippen molar-refractivity contribution in [1.29, 1.82) is 0 Å². The third-order valence-corrected chi connectivity index (χ3v) is 3.74. The highest BCUT2D eigenvalue weighted by Gasteiger charge is 2.24. The molecule has 0 aliphatic carbocycles. The molecule has 2 aromatic rings. The first-order valence-electron chi connectivity index (χ1n) is 6.79. The summed E-state index contributed by atoms with van der Waals surface area (Å²) in [6.07, 6.45) is 2.66. The second-order valence-corrected chi connectivity index (χ2v) is 4.97. The minimum absolute atomic E-state index is 0. The average Bonchev–Trinajstić information content (AvgIpc) is 2.95. The summed E-state index contributed by atoms with van der Waals surface area (Å²) in [6.45, 7) is 2.43. The highest BCUT2D eigenvalue weighted by atomic mass is 35.5. The summed E-state index contributed by atoms with van der Waals surface area (Å²) < 4.78 is 0. The van der Waals surface area contributed by atoms with Crippen LogP contribution in [-0.4, -0.2) is 18.0 Å². The number of rotatable bonds is 3. The van der Waals surface area contributed by atoms with E-state index in [1.54, 1.807) is 0 Å². The van der Waals surface area contributed by atoms with Crippen molar-refractivity contribution in [3.63, 3.8) is 0 Å². The van der Waals surface area contributed by atoms with E-state index in [9.17, 15) is 0 Å². The zero-order chi connectivity index (χ0) is 12.2. The molecular formula is C17H20ClN. The summed E-state index contributed by atoms with van der Waals surface area (Å²) >= 11 is 0. The molecule has 1 aliphatic heterocycles. The van der Waals surface area contributed by atoms with Gasteiger partial charge in [-0.05, 0) is 37.1 Å². The lowest BCUT2D eigenvalue weighted by molar-refractivity contribution is 0.281. The molecular weight excluding hydrogens is 254 g/mol. The molecule has 0 N–H and O–H groups in total. The van der Waals surface area contributed by atoms with E-state index in [0.717, 1.165) is 0 Å². The molecule has 2 heteroatoms. The molecule has 0 atom stereocenters. The maximum atomic E-state index is 2.60. The molecule has 0 saturated carbocycles. The lowest BCUT2D eigenvalue weighted by Gasteiger charge is -2.28. The van der Waals surface area contributed by atoms with Gasteiger partial charge >= 0.3 is 0 Å². The van der Waals surface area contributed by atoms with Gasteiger partial charge in [-0.15, -0.1) is 12.4 Å². The predicted octanol–water partition coefficient (Wildman–Crippen LogP) is 4.29. The van der Waals surface area contributed by atoms with E-state index in [-0.39, 0.29) is 12.4 Å². The van der Waals surface area contributed by atoms with Crippen molar-refractivity contribution in [1.82, 2.24) is 4.90 Å². The number of benzene rings is 2. The second-order valence-electron chi connectivity index (χ2n) is 4.97. The SMILES string of the molecule is Cl.c1ccc(C(c2ccccc2)N2CCCC2)cc1. The van der Waals surface area contributed by atoms with Gasteiger partial charge in [0.25, 0.3) is 0 Å². The average molecular weight is 274 g/mol. The molecule has 0 radical (unpaired) electrons. The fourth-order valence-corrected chi connectivity index (χ4v) is 2.88. The minimum Gasteiger partial charge on any atom is -0.292 e. The van der Waals surface area contributed by atoms with Gasteiger partial charge in [-0.1, -0.05) is 60.7 Å². The molecule has 1 heterocycles. The van der Waals surface area contributed by atoms with Gasteiger partial charge in [-0.3, -0.25) is 4.90 Å². The monoisotopic (exact) mass is 273 g/mol. The molecule has 0 unspecified atom stereocenters. The van der Waals surface area contributed by atoms with Crippen LogP contribution in [0.5, 0.6) is 0 Å². The normalized spacial score (nSPS) is 15.4. The Morgan fingerprint density at radius 3 is 1.53 bits per heavy atom. The first-order valence-corrected chi connectivity index (χ1v) is 6.79. The first-order chi connectivity index (χ1) is 8.95. The van der Waals surface area contributed by atoms with Gasteiger partial charge in [0.15, 0.2) is 0 Å². The molecule has 0 amide bonds. The summed E-state index contributed by atoms with van der Waals surface area (Å²) in [5.41, 5.74) is 2.82. The number of nitrogens with zero attached hydrogens (tertiary/aromatic N) is 1. The highest BCUT2D eigenvalue weighted by molar-refractivity contribution is 5.85. The summed E-state index contributed by atoms with van der Waals surface area (Å²) in [7, 11) is 0. The maximum absolute atomic E-state index is 2.60. The van der Waals surface area contributed by atoms with E-state index in [4.69, 9.17) is 0 Å². The van der Waals surface area contributed by atoms with Gasteiger partial charge in [-0.2, -0.15) is 0 Å². The number of halogens is 1. The number of hydrogen-bond acceptors (Lipinski definition) is 1. The molecule has 19 heavy (non-hydrogen) atoms. The van der Waals surface area contributed by atoms with E-state index < -0.39 is 0 Å².